The molecule has 1 aromatic heterocycles. The van der Waals surface area contributed by atoms with Crippen molar-refractivity contribution in [1.29, 1.82) is 0 Å². The molecule has 0 saturated carbocycles. The standard InChI is InChI=1S/C22H21F2N5OS2/c1-14-10-18(20(23)24)28-22(26-14)32-13-16-11-15(8-9-19(16)30-2)12-25-29-21(31)27-17-6-4-3-5-7-17/h3-12,20H,13H2,1-2H3,(H2,27,29,31)/b25-12-. The number of methoxy groups -OCH3 is 1. The van der Waals surface area contributed by atoms with E-state index in [2.05, 4.69) is 25.8 Å². The van der Waals surface area contributed by atoms with Crippen LogP contribution in [-0.4, -0.2) is 28.4 Å². The molecular weight excluding hydrogens is 452 g/mol. The first-order valence-corrected chi connectivity index (χ1v) is 10.9. The number of benzene rings is 2. The Morgan fingerprint density at radius 2 is 1.97 bits per heavy atom. The molecule has 2 N–H and O–H groups in total. The van der Waals surface area contributed by atoms with Crippen molar-refractivity contribution in [3.8, 4) is 5.75 Å². The van der Waals surface area contributed by atoms with Gasteiger partial charge in [0.05, 0.1) is 13.3 Å². The minimum Gasteiger partial charge on any atom is -0.496 e. The monoisotopic (exact) mass is 473 g/mol. The average molecular weight is 474 g/mol. The number of thiocarbonyl (C=S) groups is 1. The number of alkyl halides is 2. The largest absolute Gasteiger partial charge is 0.496 e. The zero-order valence-corrected chi connectivity index (χ0v) is 19.0. The number of ether oxygens (including phenoxy) is 1. The highest BCUT2D eigenvalue weighted by Crippen LogP contribution is 2.28. The Balaban J connectivity index is 1.65. The fourth-order valence-electron chi connectivity index (χ4n) is 2.72. The Hall–Kier alpha value is -3.11. The number of nitrogens with zero attached hydrogens (tertiary/aromatic N) is 3. The Morgan fingerprint density at radius 3 is 2.69 bits per heavy atom. The topological polar surface area (TPSA) is 71.4 Å². The maximum Gasteiger partial charge on any atom is 0.280 e. The first-order valence-electron chi connectivity index (χ1n) is 9.53. The summed E-state index contributed by atoms with van der Waals surface area (Å²) in [4.78, 5) is 8.17. The second kappa shape index (κ2) is 11.5. The van der Waals surface area contributed by atoms with Gasteiger partial charge in [-0.2, -0.15) is 5.10 Å². The van der Waals surface area contributed by atoms with Gasteiger partial charge in [-0.05, 0) is 61.1 Å². The highest BCUT2D eigenvalue weighted by molar-refractivity contribution is 7.98. The predicted molar refractivity (Wildman–Crippen MR) is 128 cm³/mol. The molecule has 3 rings (SSSR count). The molecule has 0 radical (unpaired) electrons. The average Bonchev–Trinajstić information content (AvgIpc) is 2.78. The molecule has 0 aliphatic rings. The van der Waals surface area contributed by atoms with E-state index in [-0.39, 0.29) is 5.69 Å². The minimum absolute atomic E-state index is 0.279. The number of aromatic nitrogens is 2. The summed E-state index contributed by atoms with van der Waals surface area (Å²) in [5, 5.41) is 7.85. The van der Waals surface area contributed by atoms with Crippen LogP contribution in [0.5, 0.6) is 5.75 Å². The van der Waals surface area contributed by atoms with E-state index in [0.29, 0.717) is 27.5 Å². The Kier molecular flexibility index (Phi) is 8.46. The summed E-state index contributed by atoms with van der Waals surface area (Å²) in [5.41, 5.74) is 5.52. The van der Waals surface area contributed by atoms with Gasteiger partial charge in [0.2, 0.25) is 0 Å². The number of para-hydroxylation sites is 1. The third-order valence-electron chi connectivity index (χ3n) is 4.15. The highest BCUT2D eigenvalue weighted by Gasteiger charge is 2.13. The first-order chi connectivity index (χ1) is 15.4. The Bertz CT molecular complexity index is 1100. The quantitative estimate of drug-likeness (QED) is 0.150. The van der Waals surface area contributed by atoms with Crippen LogP contribution in [0.4, 0.5) is 14.5 Å². The van der Waals surface area contributed by atoms with Gasteiger partial charge in [-0.15, -0.1) is 0 Å². The molecule has 0 aliphatic heterocycles. The molecule has 0 amide bonds. The third-order valence-corrected chi connectivity index (χ3v) is 5.24. The van der Waals surface area contributed by atoms with Crippen molar-refractivity contribution in [3.05, 3.63) is 77.1 Å². The van der Waals surface area contributed by atoms with E-state index in [4.69, 9.17) is 17.0 Å². The summed E-state index contributed by atoms with van der Waals surface area (Å²) in [6.45, 7) is 1.67. The molecule has 0 aliphatic carbocycles. The minimum atomic E-state index is -2.64. The van der Waals surface area contributed by atoms with Crippen molar-refractivity contribution in [3.63, 3.8) is 0 Å². The number of rotatable bonds is 8. The second-order valence-corrected chi connectivity index (χ2v) is 7.92. The van der Waals surface area contributed by atoms with Gasteiger partial charge in [-0.25, -0.2) is 18.7 Å². The summed E-state index contributed by atoms with van der Waals surface area (Å²) in [7, 11) is 1.57. The van der Waals surface area contributed by atoms with Crippen LogP contribution in [0.25, 0.3) is 0 Å². The van der Waals surface area contributed by atoms with Crippen LogP contribution in [0.3, 0.4) is 0 Å². The summed E-state index contributed by atoms with van der Waals surface area (Å²) >= 11 is 6.49. The van der Waals surface area contributed by atoms with E-state index >= 15 is 0 Å². The molecule has 32 heavy (non-hydrogen) atoms. The van der Waals surface area contributed by atoms with Gasteiger partial charge in [0.15, 0.2) is 10.3 Å². The van der Waals surface area contributed by atoms with Gasteiger partial charge < -0.3 is 10.1 Å². The second-order valence-electron chi connectivity index (χ2n) is 6.57. The lowest BCUT2D eigenvalue weighted by Gasteiger charge is -2.10. The molecule has 2 aromatic carbocycles. The van der Waals surface area contributed by atoms with Crippen LogP contribution < -0.4 is 15.5 Å². The maximum absolute atomic E-state index is 13.0. The van der Waals surface area contributed by atoms with Gasteiger partial charge in [-0.3, -0.25) is 5.43 Å². The van der Waals surface area contributed by atoms with E-state index < -0.39 is 6.43 Å². The number of hydrazone groups is 1. The molecule has 3 aromatic rings. The highest BCUT2D eigenvalue weighted by atomic mass is 32.2. The fraction of sp³-hybridized carbons (Fsp3) is 0.182. The summed E-state index contributed by atoms with van der Waals surface area (Å²) in [6, 6.07) is 16.4. The molecule has 1 heterocycles. The fourth-order valence-corrected chi connectivity index (χ4v) is 3.78. The maximum atomic E-state index is 13.0. The normalized spacial score (nSPS) is 11.0. The molecule has 0 atom stereocenters. The van der Waals surface area contributed by atoms with Crippen molar-refractivity contribution in [2.24, 2.45) is 5.10 Å². The number of hydrogen-bond donors (Lipinski definition) is 2. The van der Waals surface area contributed by atoms with E-state index in [0.717, 1.165) is 16.8 Å². The third kappa shape index (κ3) is 6.96. The van der Waals surface area contributed by atoms with Crippen molar-refractivity contribution >= 4 is 41.0 Å². The van der Waals surface area contributed by atoms with E-state index in [1.165, 1.54) is 17.8 Å². The summed E-state index contributed by atoms with van der Waals surface area (Å²) in [6.07, 6.45) is -1.01. The van der Waals surface area contributed by atoms with Crippen LogP contribution >= 0.6 is 24.0 Å². The van der Waals surface area contributed by atoms with E-state index in [1.807, 2.05) is 48.5 Å². The number of hydrogen-bond acceptors (Lipinski definition) is 6. The molecule has 0 bridgehead atoms. The number of thioether (sulfide) groups is 1. The lowest BCUT2D eigenvalue weighted by molar-refractivity contribution is 0.145. The van der Waals surface area contributed by atoms with Crippen LogP contribution in [0.2, 0.25) is 0 Å². The molecule has 6 nitrogen and oxygen atoms in total. The van der Waals surface area contributed by atoms with Crippen LogP contribution in [0.1, 0.15) is 28.9 Å². The van der Waals surface area contributed by atoms with Crippen LogP contribution in [0, 0.1) is 6.92 Å². The smallest absolute Gasteiger partial charge is 0.280 e. The predicted octanol–water partition coefficient (Wildman–Crippen LogP) is 5.34. The van der Waals surface area contributed by atoms with Gasteiger partial charge in [0.25, 0.3) is 6.43 Å². The van der Waals surface area contributed by atoms with Gasteiger partial charge in [0, 0.05) is 22.7 Å². The number of anilines is 1. The molecular formula is C22H21F2N5OS2. The van der Waals surface area contributed by atoms with Crippen LogP contribution in [0.15, 0.2) is 64.9 Å². The van der Waals surface area contributed by atoms with E-state index in [9.17, 15) is 8.78 Å². The molecule has 0 fully saturated rings. The first kappa shape index (κ1) is 23.6. The molecule has 166 valence electrons. The SMILES string of the molecule is COc1ccc(/C=N\NC(=S)Nc2ccccc2)cc1CSc1nc(C)cc(C(F)F)n1. The number of aryl methyl sites for hydroxylation is 1. The molecule has 0 unspecified atom stereocenters. The Labute approximate surface area is 194 Å². The van der Waals surface area contributed by atoms with E-state index in [1.54, 1.807) is 20.2 Å². The number of halogens is 2. The summed E-state index contributed by atoms with van der Waals surface area (Å²) < 4.78 is 31.4. The Morgan fingerprint density at radius 1 is 1.19 bits per heavy atom. The van der Waals surface area contributed by atoms with Gasteiger partial charge in [0.1, 0.15) is 11.4 Å². The number of nitrogens with one attached hydrogen (secondary N) is 2. The van der Waals surface area contributed by atoms with Crippen molar-refractivity contribution in [2.75, 3.05) is 12.4 Å². The molecule has 10 heteroatoms. The lowest BCUT2D eigenvalue weighted by Crippen LogP contribution is -2.23. The molecule has 0 spiro atoms. The van der Waals surface area contributed by atoms with Gasteiger partial charge in [-0.1, -0.05) is 30.0 Å². The zero-order chi connectivity index (χ0) is 22.9. The van der Waals surface area contributed by atoms with Crippen molar-refractivity contribution < 1.29 is 13.5 Å². The summed E-state index contributed by atoms with van der Waals surface area (Å²) in [5.74, 6) is 1.11. The van der Waals surface area contributed by atoms with Crippen molar-refractivity contribution in [2.45, 2.75) is 24.3 Å². The lowest BCUT2D eigenvalue weighted by atomic mass is 10.1. The molecule has 0 saturated heterocycles. The van der Waals surface area contributed by atoms with Crippen molar-refractivity contribution in [1.82, 2.24) is 15.4 Å². The zero-order valence-electron chi connectivity index (χ0n) is 17.4. The van der Waals surface area contributed by atoms with Crippen LogP contribution in [-0.2, 0) is 5.75 Å². The van der Waals surface area contributed by atoms with Gasteiger partial charge >= 0.3 is 0 Å².